The summed E-state index contributed by atoms with van der Waals surface area (Å²) in [4.78, 5) is 33.2. The van der Waals surface area contributed by atoms with E-state index >= 15 is 0 Å². The Balaban J connectivity index is 1.24. The molecule has 0 aliphatic carbocycles. The molecule has 4 aromatic heterocycles. The third-order valence-electron chi connectivity index (χ3n) is 8.28. The van der Waals surface area contributed by atoms with E-state index in [1.807, 2.05) is 30.3 Å². The molecule has 5 aromatic rings. The van der Waals surface area contributed by atoms with E-state index in [9.17, 15) is 9.90 Å². The molecule has 3 fully saturated rings. The fourth-order valence-corrected chi connectivity index (χ4v) is 5.83. The van der Waals surface area contributed by atoms with E-state index in [1.165, 1.54) is 0 Å². The lowest BCUT2D eigenvalue weighted by Crippen LogP contribution is -2.51. The fourth-order valence-electron chi connectivity index (χ4n) is 5.83. The van der Waals surface area contributed by atoms with E-state index in [0.29, 0.717) is 34.1 Å². The number of nitrogens with zero attached hydrogens (tertiary/aromatic N) is 7. The highest BCUT2D eigenvalue weighted by Crippen LogP contribution is 2.42. The van der Waals surface area contributed by atoms with Gasteiger partial charge in [-0.3, -0.25) is 14.6 Å². The first-order chi connectivity index (χ1) is 20.0. The smallest absolute Gasteiger partial charge is 0.273 e. The van der Waals surface area contributed by atoms with Crippen molar-refractivity contribution in [3.63, 3.8) is 0 Å². The molecule has 1 atom stereocenters. The van der Waals surface area contributed by atoms with Gasteiger partial charge in [-0.1, -0.05) is 35.5 Å². The van der Waals surface area contributed by atoms with Crippen LogP contribution in [-0.2, 0) is 12.5 Å². The van der Waals surface area contributed by atoms with Crippen LogP contribution in [0.1, 0.15) is 36.7 Å². The van der Waals surface area contributed by atoms with E-state index in [2.05, 4.69) is 35.8 Å². The number of fused-ring (bicyclic) bond motifs is 4. The largest absolute Gasteiger partial charge is 0.394 e. The molecule has 41 heavy (non-hydrogen) atoms. The van der Waals surface area contributed by atoms with Crippen molar-refractivity contribution < 1.29 is 9.63 Å². The number of aliphatic hydroxyl groups is 1. The van der Waals surface area contributed by atoms with E-state index in [1.54, 1.807) is 30.1 Å². The lowest BCUT2D eigenvalue weighted by Gasteiger charge is -2.46. The average Bonchev–Trinajstić information content (AvgIpc) is 3.62. The van der Waals surface area contributed by atoms with Gasteiger partial charge in [0, 0.05) is 18.7 Å². The Hall–Kier alpha value is -4.62. The first-order valence-corrected chi connectivity index (χ1v) is 13.7. The lowest BCUT2D eigenvalue weighted by molar-refractivity contribution is 0.0747. The van der Waals surface area contributed by atoms with Gasteiger partial charge in [-0.25, -0.2) is 9.97 Å². The highest BCUT2D eigenvalue weighted by atomic mass is 16.5. The molecule has 2 bridgehead atoms. The summed E-state index contributed by atoms with van der Waals surface area (Å²) in [5.41, 5.74) is 1.66. The highest BCUT2D eigenvalue weighted by Gasteiger charge is 2.44. The second-order valence-corrected chi connectivity index (χ2v) is 10.7. The van der Waals surface area contributed by atoms with Gasteiger partial charge in [0.1, 0.15) is 17.2 Å². The molecule has 7 heterocycles. The SMILES string of the molecule is Cn1[nH]c(=O)c2ccc(Nc3ncc(-c4nc(C56CCN(CC5)CC6)no4)c(N[C@H](CO)c4ccccc4)n3)nc21. The number of aromatic amines is 1. The Bertz CT molecular complexity index is 1740. The van der Waals surface area contributed by atoms with Crippen LogP contribution in [0.4, 0.5) is 17.6 Å². The first-order valence-electron chi connectivity index (χ1n) is 13.7. The molecular weight excluding hydrogens is 524 g/mol. The molecule has 3 aliphatic heterocycles. The van der Waals surface area contributed by atoms with E-state index in [-0.39, 0.29) is 23.5 Å². The average molecular weight is 555 g/mol. The molecule has 0 saturated carbocycles. The normalized spacial score (nSPS) is 20.8. The summed E-state index contributed by atoms with van der Waals surface area (Å²) >= 11 is 0. The molecule has 210 valence electrons. The maximum atomic E-state index is 12.1. The van der Waals surface area contributed by atoms with Gasteiger partial charge in [0.15, 0.2) is 11.5 Å². The molecule has 0 spiro atoms. The van der Waals surface area contributed by atoms with Crippen molar-refractivity contribution in [3.8, 4) is 11.5 Å². The summed E-state index contributed by atoms with van der Waals surface area (Å²) < 4.78 is 7.37. The first kappa shape index (κ1) is 25.4. The van der Waals surface area contributed by atoms with Crippen molar-refractivity contribution in [2.45, 2.75) is 30.7 Å². The van der Waals surface area contributed by atoms with Gasteiger partial charge in [0.25, 0.3) is 11.4 Å². The zero-order valence-electron chi connectivity index (χ0n) is 22.5. The van der Waals surface area contributed by atoms with Crippen LogP contribution in [0, 0.1) is 0 Å². The minimum Gasteiger partial charge on any atom is -0.394 e. The molecule has 8 rings (SSSR count). The number of rotatable bonds is 8. The summed E-state index contributed by atoms with van der Waals surface area (Å²) in [6.07, 6.45) is 4.67. The van der Waals surface area contributed by atoms with E-state index in [0.717, 1.165) is 50.3 Å². The highest BCUT2D eigenvalue weighted by molar-refractivity contribution is 5.77. The number of aryl methyl sites for hydroxylation is 1. The Kier molecular flexibility index (Phi) is 6.24. The molecule has 13 heteroatoms. The predicted molar refractivity (Wildman–Crippen MR) is 152 cm³/mol. The summed E-state index contributed by atoms with van der Waals surface area (Å²) in [6, 6.07) is 12.6. The fraction of sp³-hybridized carbons (Fsp3) is 0.357. The molecule has 0 amide bonds. The van der Waals surface area contributed by atoms with E-state index < -0.39 is 6.04 Å². The van der Waals surface area contributed by atoms with Crippen LogP contribution in [0.5, 0.6) is 0 Å². The monoisotopic (exact) mass is 554 g/mol. The Morgan fingerprint density at radius 1 is 1.07 bits per heavy atom. The predicted octanol–water partition coefficient (Wildman–Crippen LogP) is 2.73. The van der Waals surface area contributed by atoms with Crippen LogP contribution in [0.2, 0.25) is 0 Å². The minimum atomic E-state index is -0.440. The summed E-state index contributed by atoms with van der Waals surface area (Å²) in [7, 11) is 1.72. The van der Waals surface area contributed by atoms with Crippen molar-refractivity contribution in [1.29, 1.82) is 0 Å². The topological polar surface area (TPSA) is 163 Å². The third kappa shape index (κ3) is 4.62. The van der Waals surface area contributed by atoms with Crippen LogP contribution in [0.15, 0.2) is 58.0 Å². The number of anilines is 3. The number of pyridine rings is 1. The zero-order valence-corrected chi connectivity index (χ0v) is 22.5. The van der Waals surface area contributed by atoms with Gasteiger partial charge < -0.3 is 25.2 Å². The van der Waals surface area contributed by atoms with Crippen LogP contribution < -0.4 is 16.2 Å². The maximum absolute atomic E-state index is 12.1. The molecule has 4 N–H and O–H groups in total. The van der Waals surface area contributed by atoms with Crippen molar-refractivity contribution in [1.82, 2.24) is 39.8 Å². The second-order valence-electron chi connectivity index (χ2n) is 10.7. The van der Waals surface area contributed by atoms with Crippen LogP contribution >= 0.6 is 0 Å². The lowest BCUT2D eigenvalue weighted by atomic mass is 9.71. The van der Waals surface area contributed by atoms with Crippen molar-refractivity contribution in [3.05, 3.63) is 70.4 Å². The number of piperidine rings is 3. The van der Waals surface area contributed by atoms with Gasteiger partial charge in [0.2, 0.25) is 5.95 Å². The number of hydrogen-bond acceptors (Lipinski definition) is 11. The molecule has 3 aliphatic rings. The second kappa shape index (κ2) is 10.1. The third-order valence-corrected chi connectivity index (χ3v) is 8.28. The van der Waals surface area contributed by atoms with E-state index in [4.69, 9.17) is 14.5 Å². The zero-order chi connectivity index (χ0) is 28.0. The molecule has 1 aromatic carbocycles. The van der Waals surface area contributed by atoms with Crippen molar-refractivity contribution in [2.75, 3.05) is 36.9 Å². The van der Waals surface area contributed by atoms with Gasteiger partial charge in [-0.15, -0.1) is 0 Å². The number of aromatic nitrogens is 7. The molecule has 3 saturated heterocycles. The molecule has 0 unspecified atom stereocenters. The maximum Gasteiger partial charge on any atom is 0.273 e. The van der Waals surface area contributed by atoms with Gasteiger partial charge in [-0.2, -0.15) is 9.97 Å². The van der Waals surface area contributed by atoms with Crippen LogP contribution in [0.3, 0.4) is 0 Å². The van der Waals surface area contributed by atoms with Crippen molar-refractivity contribution >= 4 is 28.6 Å². The molecular formula is C28H30N10O3. The Morgan fingerprint density at radius 3 is 2.61 bits per heavy atom. The van der Waals surface area contributed by atoms with Gasteiger partial charge >= 0.3 is 0 Å². The number of hydrogen-bond donors (Lipinski definition) is 4. The van der Waals surface area contributed by atoms with Gasteiger partial charge in [0.05, 0.1) is 18.0 Å². The van der Waals surface area contributed by atoms with Gasteiger partial charge in [-0.05, 0) is 56.6 Å². The standard InChI is InChI=1S/C28H30N10O3/c1-37-23-18(24(40)35-37)7-8-21(31-23)32-27-29-15-19(22(33-27)30-20(16-39)17-5-3-2-4-6-17)25-34-26(36-41-25)28-9-12-38(13-10-28)14-11-28/h2-8,15,20,39H,9-14,16H2,1H3,(H,35,40)(H2,29,30,31,32,33)/t20-/m1/s1. The number of aliphatic hydroxyl groups excluding tert-OH is 1. The van der Waals surface area contributed by atoms with Crippen LogP contribution in [-0.4, -0.2) is 71.1 Å². The number of nitrogens with one attached hydrogen (secondary N) is 3. The Morgan fingerprint density at radius 2 is 1.85 bits per heavy atom. The summed E-state index contributed by atoms with van der Waals surface area (Å²) in [6.45, 7) is 2.98. The minimum absolute atomic E-state index is 0.0627. The summed E-state index contributed by atoms with van der Waals surface area (Å²) in [5, 5.41) is 24.3. The summed E-state index contributed by atoms with van der Waals surface area (Å²) in [5.74, 6) is 2.22. The quantitative estimate of drug-likeness (QED) is 0.223. The molecule has 0 radical (unpaired) electrons. The Labute approximate surface area is 234 Å². The number of benzene rings is 1. The molecule has 13 nitrogen and oxygen atoms in total. The van der Waals surface area contributed by atoms with Crippen LogP contribution in [0.25, 0.3) is 22.5 Å². The number of H-pyrrole nitrogens is 1. The van der Waals surface area contributed by atoms with Crippen molar-refractivity contribution in [2.24, 2.45) is 7.05 Å².